The first-order valence-corrected chi connectivity index (χ1v) is 6.42. The molecule has 21 heavy (non-hydrogen) atoms. The van der Waals surface area contributed by atoms with Crippen LogP contribution >= 0.6 is 0 Å². The number of para-hydroxylation sites is 3. The first kappa shape index (κ1) is 13.3. The number of benzene rings is 2. The minimum atomic E-state index is -0.471. The highest BCUT2D eigenvalue weighted by Gasteiger charge is 2.15. The Hall–Kier alpha value is -2.66. The molecule has 0 aliphatic rings. The molecular formula is C16H13NO4. The van der Waals surface area contributed by atoms with Gasteiger partial charge in [-0.2, -0.15) is 0 Å². The summed E-state index contributed by atoms with van der Waals surface area (Å²) in [6.45, 7) is -0.109. The summed E-state index contributed by atoms with van der Waals surface area (Å²) in [7, 11) is 1.44. The summed E-state index contributed by atoms with van der Waals surface area (Å²) in [5.41, 5.74) is 2.06. The van der Waals surface area contributed by atoms with Gasteiger partial charge in [0, 0.05) is 7.11 Å². The maximum absolute atomic E-state index is 11.6. The van der Waals surface area contributed by atoms with Crippen molar-refractivity contribution in [3.63, 3.8) is 0 Å². The number of methoxy groups -OCH3 is 1. The van der Waals surface area contributed by atoms with Gasteiger partial charge in [0.1, 0.15) is 17.9 Å². The van der Waals surface area contributed by atoms with Crippen LogP contribution in [-0.4, -0.2) is 24.7 Å². The van der Waals surface area contributed by atoms with Crippen LogP contribution in [-0.2, 0) is 9.53 Å². The van der Waals surface area contributed by atoms with Crippen molar-refractivity contribution in [2.75, 3.05) is 13.7 Å². The summed E-state index contributed by atoms with van der Waals surface area (Å²) < 4.78 is 15.7. The second-order valence-corrected chi connectivity index (χ2v) is 4.39. The van der Waals surface area contributed by atoms with Crippen LogP contribution in [0.4, 0.5) is 0 Å². The summed E-state index contributed by atoms with van der Waals surface area (Å²) >= 11 is 0. The van der Waals surface area contributed by atoms with E-state index in [4.69, 9.17) is 13.9 Å². The second-order valence-electron chi connectivity index (χ2n) is 4.39. The van der Waals surface area contributed by atoms with Crippen molar-refractivity contribution in [2.24, 2.45) is 0 Å². The molecule has 1 heterocycles. The van der Waals surface area contributed by atoms with Crippen molar-refractivity contribution >= 4 is 17.1 Å². The van der Waals surface area contributed by atoms with Crippen molar-refractivity contribution in [1.82, 2.24) is 4.98 Å². The van der Waals surface area contributed by atoms with Gasteiger partial charge in [-0.05, 0) is 24.3 Å². The molecule has 0 atom stereocenters. The highest BCUT2D eigenvalue weighted by molar-refractivity contribution is 5.80. The van der Waals surface area contributed by atoms with E-state index in [1.165, 1.54) is 7.11 Å². The van der Waals surface area contributed by atoms with Crippen molar-refractivity contribution in [1.29, 1.82) is 0 Å². The minimum absolute atomic E-state index is 0.109. The van der Waals surface area contributed by atoms with E-state index in [1.54, 1.807) is 18.2 Å². The highest BCUT2D eigenvalue weighted by atomic mass is 16.6. The van der Waals surface area contributed by atoms with Gasteiger partial charge in [-0.1, -0.05) is 24.3 Å². The smallest absolute Gasteiger partial charge is 0.337 e. The third-order valence-electron chi connectivity index (χ3n) is 2.90. The summed E-state index contributed by atoms with van der Waals surface area (Å²) in [6.07, 6.45) is 0. The van der Waals surface area contributed by atoms with E-state index < -0.39 is 5.97 Å². The predicted molar refractivity (Wildman–Crippen MR) is 77.0 cm³/mol. The van der Waals surface area contributed by atoms with Gasteiger partial charge in [-0.15, -0.1) is 0 Å². The number of hydrogen-bond donors (Lipinski definition) is 0. The second kappa shape index (κ2) is 5.76. The molecule has 1 aromatic heterocycles. The molecule has 2 aromatic carbocycles. The quantitative estimate of drug-likeness (QED) is 0.544. The topological polar surface area (TPSA) is 61.6 Å². The van der Waals surface area contributed by atoms with Crippen LogP contribution in [0.15, 0.2) is 52.9 Å². The molecule has 0 unspecified atom stereocenters. The van der Waals surface area contributed by atoms with E-state index in [1.807, 2.05) is 30.3 Å². The Morgan fingerprint density at radius 3 is 2.71 bits per heavy atom. The molecule has 106 valence electrons. The molecule has 3 rings (SSSR count). The first-order chi connectivity index (χ1) is 10.3. The molecular weight excluding hydrogens is 270 g/mol. The molecule has 0 radical (unpaired) electrons. The van der Waals surface area contributed by atoms with E-state index in [0.29, 0.717) is 22.8 Å². The zero-order valence-corrected chi connectivity index (χ0v) is 11.4. The SMILES string of the molecule is COCC(=O)Oc1ccccc1-c1nc2ccccc2o1. The number of carbonyl (C=O) groups is 1. The third kappa shape index (κ3) is 2.78. The molecule has 0 amide bonds. The van der Waals surface area contributed by atoms with Crippen molar-refractivity contribution in [3.8, 4) is 17.2 Å². The zero-order valence-electron chi connectivity index (χ0n) is 11.4. The predicted octanol–water partition coefficient (Wildman–Crippen LogP) is 3.05. The van der Waals surface area contributed by atoms with Crippen molar-refractivity contribution in [3.05, 3.63) is 48.5 Å². The number of oxazole rings is 1. The number of nitrogens with zero attached hydrogens (tertiary/aromatic N) is 1. The van der Waals surface area contributed by atoms with E-state index in [-0.39, 0.29) is 6.61 Å². The summed E-state index contributed by atoms with van der Waals surface area (Å²) in [4.78, 5) is 16.0. The molecule has 0 N–H and O–H groups in total. The summed E-state index contributed by atoms with van der Waals surface area (Å²) in [5.74, 6) is 0.337. The van der Waals surface area contributed by atoms with Crippen molar-refractivity contribution in [2.45, 2.75) is 0 Å². The molecule has 0 spiro atoms. The van der Waals surface area contributed by atoms with Gasteiger partial charge in [0.25, 0.3) is 0 Å². The zero-order chi connectivity index (χ0) is 14.7. The third-order valence-corrected chi connectivity index (χ3v) is 2.90. The van der Waals surface area contributed by atoms with E-state index in [9.17, 15) is 4.79 Å². The maximum atomic E-state index is 11.6. The lowest BCUT2D eigenvalue weighted by atomic mass is 10.2. The highest BCUT2D eigenvalue weighted by Crippen LogP contribution is 2.31. The van der Waals surface area contributed by atoms with Gasteiger partial charge in [-0.25, -0.2) is 9.78 Å². The number of hydrogen-bond acceptors (Lipinski definition) is 5. The fourth-order valence-corrected chi connectivity index (χ4v) is 1.99. The molecule has 0 bridgehead atoms. The Balaban J connectivity index is 1.99. The molecule has 0 saturated heterocycles. The number of rotatable bonds is 4. The minimum Gasteiger partial charge on any atom is -0.436 e. The Labute approximate surface area is 121 Å². The number of carbonyl (C=O) groups excluding carboxylic acids is 1. The Kier molecular flexibility index (Phi) is 3.66. The molecule has 0 fully saturated rings. The van der Waals surface area contributed by atoms with Gasteiger partial charge >= 0.3 is 5.97 Å². The molecule has 0 saturated carbocycles. The monoisotopic (exact) mass is 283 g/mol. The maximum Gasteiger partial charge on any atom is 0.337 e. The fourth-order valence-electron chi connectivity index (χ4n) is 1.99. The lowest BCUT2D eigenvalue weighted by Crippen LogP contribution is -2.14. The molecule has 5 heteroatoms. The fraction of sp³-hybridized carbons (Fsp3) is 0.125. The van der Waals surface area contributed by atoms with Crippen molar-refractivity contribution < 1.29 is 18.7 Å². The average Bonchev–Trinajstić information content (AvgIpc) is 2.91. The Morgan fingerprint density at radius 1 is 1.14 bits per heavy atom. The first-order valence-electron chi connectivity index (χ1n) is 6.42. The largest absolute Gasteiger partial charge is 0.436 e. The van der Waals surface area contributed by atoms with Crippen LogP contribution in [0.2, 0.25) is 0 Å². The lowest BCUT2D eigenvalue weighted by Gasteiger charge is -2.06. The van der Waals surface area contributed by atoms with E-state index >= 15 is 0 Å². The van der Waals surface area contributed by atoms with Crippen LogP contribution in [0.25, 0.3) is 22.6 Å². The van der Waals surface area contributed by atoms with Crippen LogP contribution in [0, 0.1) is 0 Å². The molecule has 0 aliphatic carbocycles. The average molecular weight is 283 g/mol. The molecule has 3 aromatic rings. The normalized spacial score (nSPS) is 10.7. The van der Waals surface area contributed by atoms with Crippen LogP contribution in [0.3, 0.4) is 0 Å². The Bertz CT molecular complexity index is 746. The summed E-state index contributed by atoms with van der Waals surface area (Å²) in [6, 6.07) is 14.6. The van der Waals surface area contributed by atoms with Crippen LogP contribution in [0.5, 0.6) is 5.75 Å². The number of ether oxygens (including phenoxy) is 2. The number of esters is 1. The van der Waals surface area contributed by atoms with Gasteiger partial charge in [-0.3, -0.25) is 0 Å². The lowest BCUT2D eigenvalue weighted by molar-refractivity contribution is -0.138. The van der Waals surface area contributed by atoms with Crippen LogP contribution < -0.4 is 4.74 Å². The van der Waals surface area contributed by atoms with Gasteiger partial charge in [0.15, 0.2) is 5.58 Å². The van der Waals surface area contributed by atoms with Gasteiger partial charge in [0.05, 0.1) is 5.56 Å². The van der Waals surface area contributed by atoms with Gasteiger partial charge < -0.3 is 13.9 Å². The summed E-state index contributed by atoms with van der Waals surface area (Å²) in [5, 5.41) is 0. The van der Waals surface area contributed by atoms with E-state index in [2.05, 4.69) is 4.98 Å². The number of aromatic nitrogens is 1. The molecule has 5 nitrogen and oxygen atoms in total. The van der Waals surface area contributed by atoms with Crippen LogP contribution in [0.1, 0.15) is 0 Å². The van der Waals surface area contributed by atoms with Gasteiger partial charge in [0.2, 0.25) is 5.89 Å². The standard InChI is InChI=1S/C16H13NO4/c1-19-10-15(18)20-13-8-4-2-6-11(13)16-17-12-7-3-5-9-14(12)21-16/h2-9H,10H2,1H3. The molecule has 0 aliphatic heterocycles. The Morgan fingerprint density at radius 2 is 1.90 bits per heavy atom. The number of fused-ring (bicyclic) bond motifs is 1. The van der Waals surface area contributed by atoms with E-state index in [0.717, 1.165) is 5.52 Å².